The Morgan fingerprint density at radius 1 is 0.274 bits per heavy atom. The number of allylic oxidation sites excluding steroid dienone is 10. The van der Waals surface area contributed by atoms with Crippen LogP contribution in [-0.2, 0) is 28.6 Å². The largest absolute Gasteiger partial charge is 0.462 e. The number of carbonyl (C=O) groups excluding carboxylic acids is 3. The first-order valence-electron chi connectivity index (χ1n) is 31.8. The van der Waals surface area contributed by atoms with Gasteiger partial charge >= 0.3 is 17.9 Å². The summed E-state index contributed by atoms with van der Waals surface area (Å²) in [6.45, 7) is 6.62. The predicted octanol–water partition coefficient (Wildman–Crippen LogP) is 21.6. The molecule has 73 heavy (non-hydrogen) atoms. The molecule has 0 radical (unpaired) electrons. The Labute approximate surface area is 453 Å². The maximum absolute atomic E-state index is 12.9. The van der Waals surface area contributed by atoms with Crippen LogP contribution in [-0.4, -0.2) is 37.2 Å². The van der Waals surface area contributed by atoms with Crippen molar-refractivity contribution in [3.63, 3.8) is 0 Å². The second-order valence-electron chi connectivity index (χ2n) is 21.3. The summed E-state index contributed by atoms with van der Waals surface area (Å²) >= 11 is 0. The summed E-state index contributed by atoms with van der Waals surface area (Å²) in [5.41, 5.74) is 0. The third-order valence-corrected chi connectivity index (χ3v) is 14.0. The smallest absolute Gasteiger partial charge is 0.306 e. The highest BCUT2D eigenvalue weighted by atomic mass is 16.6. The van der Waals surface area contributed by atoms with Gasteiger partial charge in [0.2, 0.25) is 0 Å². The number of esters is 3. The lowest BCUT2D eigenvalue weighted by Gasteiger charge is -2.18. The lowest BCUT2D eigenvalue weighted by Crippen LogP contribution is -2.30. The lowest BCUT2D eigenvalue weighted by atomic mass is 10.0. The van der Waals surface area contributed by atoms with E-state index in [4.69, 9.17) is 14.2 Å². The van der Waals surface area contributed by atoms with Gasteiger partial charge in [0.05, 0.1) is 0 Å². The van der Waals surface area contributed by atoms with Crippen molar-refractivity contribution in [1.29, 1.82) is 0 Å². The zero-order chi connectivity index (χ0) is 52.9. The maximum atomic E-state index is 12.9. The van der Waals surface area contributed by atoms with Crippen molar-refractivity contribution in [3.05, 3.63) is 60.8 Å². The molecule has 0 rings (SSSR count). The number of hydrogen-bond acceptors (Lipinski definition) is 6. The molecule has 0 aliphatic heterocycles. The average Bonchev–Trinajstić information content (AvgIpc) is 3.39. The van der Waals surface area contributed by atoms with Crippen molar-refractivity contribution in [1.82, 2.24) is 0 Å². The van der Waals surface area contributed by atoms with Gasteiger partial charge in [-0.15, -0.1) is 0 Å². The molecule has 0 aromatic carbocycles. The minimum atomic E-state index is -0.782. The first-order chi connectivity index (χ1) is 36.0. The molecule has 0 saturated heterocycles. The van der Waals surface area contributed by atoms with Crippen molar-refractivity contribution in [3.8, 4) is 0 Å². The third-order valence-electron chi connectivity index (χ3n) is 14.0. The number of ether oxygens (including phenoxy) is 3. The Morgan fingerprint density at radius 2 is 0.493 bits per heavy atom. The monoisotopic (exact) mass is 1020 g/mol. The van der Waals surface area contributed by atoms with Crippen molar-refractivity contribution < 1.29 is 28.6 Å². The summed E-state index contributed by atoms with van der Waals surface area (Å²) in [7, 11) is 0. The van der Waals surface area contributed by atoms with Crippen molar-refractivity contribution in [2.75, 3.05) is 13.2 Å². The van der Waals surface area contributed by atoms with Crippen LogP contribution in [0, 0.1) is 0 Å². The molecule has 0 unspecified atom stereocenters. The van der Waals surface area contributed by atoms with Gasteiger partial charge in [-0.2, -0.15) is 0 Å². The van der Waals surface area contributed by atoms with Gasteiger partial charge in [-0.25, -0.2) is 0 Å². The fraction of sp³-hybridized carbons (Fsp3) is 0.806. The summed E-state index contributed by atoms with van der Waals surface area (Å²) in [5.74, 6) is -0.881. The van der Waals surface area contributed by atoms with E-state index in [1.165, 1.54) is 199 Å². The van der Waals surface area contributed by atoms with Crippen LogP contribution in [0.3, 0.4) is 0 Å². The van der Waals surface area contributed by atoms with Gasteiger partial charge < -0.3 is 14.2 Å². The zero-order valence-corrected chi connectivity index (χ0v) is 48.7. The van der Waals surface area contributed by atoms with E-state index >= 15 is 0 Å². The van der Waals surface area contributed by atoms with E-state index in [1.807, 2.05) is 0 Å². The van der Waals surface area contributed by atoms with Crippen LogP contribution in [0.25, 0.3) is 0 Å². The average molecular weight is 1020 g/mol. The second kappa shape index (κ2) is 61.7. The zero-order valence-electron chi connectivity index (χ0n) is 48.7. The van der Waals surface area contributed by atoms with E-state index < -0.39 is 6.10 Å². The van der Waals surface area contributed by atoms with Crippen molar-refractivity contribution in [2.24, 2.45) is 0 Å². The van der Waals surface area contributed by atoms with Gasteiger partial charge in [-0.05, 0) is 89.9 Å². The molecule has 0 spiro atoms. The van der Waals surface area contributed by atoms with Gasteiger partial charge in [-0.1, -0.05) is 281 Å². The molecule has 0 aromatic heterocycles. The minimum absolute atomic E-state index is 0.0799. The highest BCUT2D eigenvalue weighted by molar-refractivity contribution is 5.71. The number of unbranched alkanes of at least 4 members (excludes halogenated alkanes) is 37. The van der Waals surface area contributed by atoms with Crippen LogP contribution in [0.2, 0.25) is 0 Å². The van der Waals surface area contributed by atoms with Gasteiger partial charge in [0, 0.05) is 19.3 Å². The standard InChI is InChI=1S/C67H120O6/c1-4-7-10-13-16-19-22-25-28-31-33-36-39-42-45-48-51-54-57-60-66(69)72-63-64(62-71-65(68)59-56-53-50-47-44-41-38-35-30-27-24-21-18-15-12-9-6-3)73-67(70)61-58-55-52-49-46-43-40-37-34-32-29-26-23-20-17-14-11-8-5-2/h16,18-19,21,25,27-28,30,33,36,64H,4-15,17,20,22-24,26,29,31-32,34-35,37-63H2,1-3H3/b19-16-,21-18-,28-25-,30-27-,36-33-/t64-/m1/s1. The summed E-state index contributed by atoms with van der Waals surface area (Å²) in [6.07, 6.45) is 77.8. The summed E-state index contributed by atoms with van der Waals surface area (Å²) in [6, 6.07) is 0. The topological polar surface area (TPSA) is 78.9 Å². The SMILES string of the molecule is CCCCC/C=C\C/C=C\C/C=C\CCCCCCCCC(=O)OC[C@@H](COC(=O)CCCCCCCCC/C=C\C/C=C\CCCCC)OC(=O)CCCCCCCCCCCCCCCCCCCCC. The fourth-order valence-electron chi connectivity index (χ4n) is 9.19. The molecule has 0 saturated carbocycles. The molecule has 424 valence electrons. The Hall–Kier alpha value is -2.89. The Balaban J connectivity index is 4.38. The van der Waals surface area contributed by atoms with Gasteiger partial charge in [0.25, 0.3) is 0 Å². The molecule has 0 bridgehead atoms. The van der Waals surface area contributed by atoms with Crippen molar-refractivity contribution in [2.45, 2.75) is 335 Å². The fourth-order valence-corrected chi connectivity index (χ4v) is 9.19. The van der Waals surface area contributed by atoms with E-state index in [0.29, 0.717) is 19.3 Å². The number of rotatable bonds is 58. The van der Waals surface area contributed by atoms with Crippen LogP contribution in [0.4, 0.5) is 0 Å². The van der Waals surface area contributed by atoms with Crippen LogP contribution in [0.15, 0.2) is 60.8 Å². The van der Waals surface area contributed by atoms with E-state index in [2.05, 4.69) is 81.5 Å². The van der Waals surface area contributed by atoms with E-state index in [9.17, 15) is 14.4 Å². The molecule has 0 fully saturated rings. The summed E-state index contributed by atoms with van der Waals surface area (Å²) < 4.78 is 16.9. The maximum Gasteiger partial charge on any atom is 0.306 e. The second-order valence-corrected chi connectivity index (χ2v) is 21.3. The molecule has 0 heterocycles. The molecule has 0 N–H and O–H groups in total. The Bertz CT molecular complexity index is 1310. The molecule has 0 amide bonds. The summed E-state index contributed by atoms with van der Waals surface area (Å²) in [5, 5.41) is 0. The molecule has 6 nitrogen and oxygen atoms in total. The predicted molar refractivity (Wildman–Crippen MR) is 316 cm³/mol. The van der Waals surface area contributed by atoms with Gasteiger partial charge in [0.1, 0.15) is 13.2 Å². The van der Waals surface area contributed by atoms with Gasteiger partial charge in [0.15, 0.2) is 6.10 Å². The lowest BCUT2D eigenvalue weighted by molar-refractivity contribution is -0.167. The van der Waals surface area contributed by atoms with Crippen LogP contribution in [0.5, 0.6) is 0 Å². The number of carbonyl (C=O) groups is 3. The van der Waals surface area contributed by atoms with Crippen LogP contribution < -0.4 is 0 Å². The molecule has 6 heteroatoms. The van der Waals surface area contributed by atoms with E-state index in [1.54, 1.807) is 0 Å². The first-order valence-corrected chi connectivity index (χ1v) is 31.8. The molecular formula is C67H120O6. The minimum Gasteiger partial charge on any atom is -0.462 e. The number of hydrogen-bond donors (Lipinski definition) is 0. The quantitative estimate of drug-likeness (QED) is 0.0261. The molecule has 0 aliphatic carbocycles. The normalized spacial score (nSPS) is 12.4. The highest BCUT2D eigenvalue weighted by Crippen LogP contribution is 2.17. The van der Waals surface area contributed by atoms with Crippen LogP contribution in [0.1, 0.15) is 329 Å². The van der Waals surface area contributed by atoms with Gasteiger partial charge in [-0.3, -0.25) is 14.4 Å². The van der Waals surface area contributed by atoms with Crippen molar-refractivity contribution >= 4 is 17.9 Å². The first kappa shape index (κ1) is 70.1. The molecule has 1 atom stereocenters. The molecule has 0 aromatic rings. The Morgan fingerprint density at radius 3 is 0.795 bits per heavy atom. The summed E-state index contributed by atoms with van der Waals surface area (Å²) in [4.78, 5) is 38.3. The highest BCUT2D eigenvalue weighted by Gasteiger charge is 2.19. The third kappa shape index (κ3) is 59.9. The van der Waals surface area contributed by atoms with E-state index in [-0.39, 0.29) is 31.1 Å². The van der Waals surface area contributed by atoms with E-state index in [0.717, 1.165) is 89.9 Å². The Kier molecular flexibility index (Phi) is 59.2. The molecule has 0 aliphatic rings. The van der Waals surface area contributed by atoms with Crippen LogP contribution >= 0.6 is 0 Å². The molecular weight excluding hydrogens is 901 g/mol.